The molecule has 162 valence electrons. The smallest absolute Gasteiger partial charge is 0.356 e. The van der Waals surface area contributed by atoms with Crippen molar-refractivity contribution in [2.45, 2.75) is 45.3 Å². The van der Waals surface area contributed by atoms with E-state index < -0.39 is 12.7 Å². The Labute approximate surface area is 181 Å². The van der Waals surface area contributed by atoms with E-state index in [2.05, 4.69) is 25.8 Å². The van der Waals surface area contributed by atoms with Crippen LogP contribution in [0.2, 0.25) is 0 Å². The van der Waals surface area contributed by atoms with Crippen LogP contribution in [0.15, 0.2) is 11.3 Å². The third-order valence-corrected chi connectivity index (χ3v) is 4.84. The molecule has 1 saturated heterocycles. The summed E-state index contributed by atoms with van der Waals surface area (Å²) in [7, 11) is 1.72. The summed E-state index contributed by atoms with van der Waals surface area (Å²) in [5, 5.41) is 14.5. The molecule has 1 aromatic rings. The van der Waals surface area contributed by atoms with Crippen molar-refractivity contribution in [1.29, 1.82) is 0 Å². The topological polar surface area (TPSA) is 70.4 Å². The zero-order chi connectivity index (χ0) is 19.7. The first-order valence-corrected chi connectivity index (χ1v) is 9.51. The van der Waals surface area contributed by atoms with Crippen LogP contribution in [-0.2, 0) is 13.0 Å². The van der Waals surface area contributed by atoms with Crippen LogP contribution in [0.1, 0.15) is 32.0 Å². The normalized spacial score (nSPS) is 16.7. The highest BCUT2D eigenvalue weighted by molar-refractivity contribution is 14.0. The van der Waals surface area contributed by atoms with E-state index in [0.29, 0.717) is 25.6 Å². The van der Waals surface area contributed by atoms with Gasteiger partial charge in [-0.15, -0.1) is 34.2 Å². The highest BCUT2D eigenvalue weighted by atomic mass is 127. The zero-order valence-corrected chi connectivity index (χ0v) is 18.8. The number of piperidine rings is 1. The molecule has 0 amide bonds. The third kappa shape index (κ3) is 8.93. The number of alkyl halides is 3. The van der Waals surface area contributed by atoms with Gasteiger partial charge < -0.3 is 15.2 Å². The molecule has 1 aliphatic heterocycles. The minimum Gasteiger partial charge on any atom is -0.356 e. The van der Waals surface area contributed by atoms with E-state index in [4.69, 9.17) is 0 Å². The predicted molar refractivity (Wildman–Crippen MR) is 114 cm³/mol. The first-order valence-electron chi connectivity index (χ1n) is 9.51. The lowest BCUT2D eigenvalue weighted by atomic mass is 9.93. The molecule has 0 radical (unpaired) electrons. The summed E-state index contributed by atoms with van der Waals surface area (Å²) in [5.74, 6) is 2.15. The Kier molecular flexibility index (Phi) is 11.1. The van der Waals surface area contributed by atoms with Gasteiger partial charge in [-0.2, -0.15) is 13.2 Å². The van der Waals surface area contributed by atoms with Crippen LogP contribution in [-0.4, -0.2) is 71.6 Å². The van der Waals surface area contributed by atoms with Crippen LogP contribution >= 0.6 is 24.0 Å². The predicted octanol–water partition coefficient (Wildman–Crippen LogP) is 2.29. The fourth-order valence-corrected chi connectivity index (χ4v) is 3.34. The Morgan fingerprint density at radius 2 is 1.93 bits per heavy atom. The summed E-state index contributed by atoms with van der Waals surface area (Å²) in [4.78, 5) is 5.71. The standard InChI is InChI=1S/C17H30F3N7.HI/c1-3-15-25-24-13-27(15)11-8-23-16(21-2)22-7-4-14-5-9-26(10-6-14)12-17(18,19)20;/h13-14H,3-12H2,1-2H3,(H2,21,22,23);1H. The van der Waals surface area contributed by atoms with Gasteiger partial charge in [0.2, 0.25) is 0 Å². The first-order chi connectivity index (χ1) is 12.9. The lowest BCUT2D eigenvalue weighted by Crippen LogP contribution is -2.42. The Morgan fingerprint density at radius 3 is 2.54 bits per heavy atom. The second-order valence-corrected chi connectivity index (χ2v) is 6.84. The number of nitrogens with zero attached hydrogens (tertiary/aromatic N) is 5. The molecule has 1 aromatic heterocycles. The number of likely N-dealkylation sites (tertiary alicyclic amines) is 1. The van der Waals surface area contributed by atoms with Crippen molar-refractivity contribution >= 4 is 29.9 Å². The van der Waals surface area contributed by atoms with Gasteiger partial charge in [-0.25, -0.2) is 0 Å². The average molecular weight is 517 g/mol. The first kappa shape index (κ1) is 24.9. The van der Waals surface area contributed by atoms with E-state index in [9.17, 15) is 13.2 Å². The molecule has 28 heavy (non-hydrogen) atoms. The average Bonchev–Trinajstić information content (AvgIpc) is 3.08. The maximum Gasteiger partial charge on any atom is 0.401 e. The van der Waals surface area contributed by atoms with Crippen molar-refractivity contribution in [2.75, 3.05) is 39.8 Å². The molecule has 2 N–H and O–H groups in total. The van der Waals surface area contributed by atoms with E-state index >= 15 is 0 Å². The molecule has 0 bridgehead atoms. The fourth-order valence-electron chi connectivity index (χ4n) is 3.34. The summed E-state index contributed by atoms with van der Waals surface area (Å²) in [5.41, 5.74) is 0. The van der Waals surface area contributed by atoms with Gasteiger partial charge in [0.05, 0.1) is 6.54 Å². The molecule has 11 heteroatoms. The van der Waals surface area contributed by atoms with Crippen molar-refractivity contribution in [3.05, 3.63) is 12.2 Å². The van der Waals surface area contributed by atoms with E-state index in [1.165, 1.54) is 4.90 Å². The molecule has 0 aliphatic carbocycles. The van der Waals surface area contributed by atoms with Gasteiger partial charge in [-0.3, -0.25) is 9.89 Å². The monoisotopic (exact) mass is 517 g/mol. The van der Waals surface area contributed by atoms with Gasteiger partial charge in [0, 0.05) is 33.1 Å². The Hall–Kier alpha value is -1.11. The number of halogens is 4. The molecule has 0 aromatic carbocycles. The lowest BCUT2D eigenvalue weighted by molar-refractivity contribution is -0.148. The van der Waals surface area contributed by atoms with Crippen molar-refractivity contribution in [1.82, 2.24) is 30.3 Å². The van der Waals surface area contributed by atoms with Crippen LogP contribution in [0, 0.1) is 5.92 Å². The largest absolute Gasteiger partial charge is 0.401 e. The van der Waals surface area contributed by atoms with Gasteiger partial charge in [0.25, 0.3) is 0 Å². The fraction of sp³-hybridized carbons (Fsp3) is 0.824. The van der Waals surface area contributed by atoms with E-state index in [1.54, 1.807) is 13.4 Å². The van der Waals surface area contributed by atoms with E-state index in [0.717, 1.165) is 50.6 Å². The molecule has 0 unspecified atom stereocenters. The molecule has 1 aliphatic rings. The molecule has 0 spiro atoms. The summed E-state index contributed by atoms with van der Waals surface area (Å²) in [6.07, 6.45) is 1.04. The number of guanidine groups is 1. The number of hydrogen-bond acceptors (Lipinski definition) is 4. The summed E-state index contributed by atoms with van der Waals surface area (Å²) in [6.45, 7) is 4.53. The molecular formula is C17H31F3IN7. The van der Waals surface area contributed by atoms with Gasteiger partial charge in [-0.05, 0) is 38.3 Å². The van der Waals surface area contributed by atoms with E-state index in [1.807, 2.05) is 11.5 Å². The number of aromatic nitrogens is 3. The summed E-state index contributed by atoms with van der Waals surface area (Å²) >= 11 is 0. The quantitative estimate of drug-likeness (QED) is 0.315. The molecular weight excluding hydrogens is 486 g/mol. The molecule has 0 saturated carbocycles. The van der Waals surface area contributed by atoms with Crippen molar-refractivity contribution < 1.29 is 13.2 Å². The highest BCUT2D eigenvalue weighted by Gasteiger charge is 2.32. The molecule has 1 fully saturated rings. The Morgan fingerprint density at radius 1 is 1.25 bits per heavy atom. The third-order valence-electron chi connectivity index (χ3n) is 4.84. The van der Waals surface area contributed by atoms with Crippen LogP contribution in [0.4, 0.5) is 13.2 Å². The second-order valence-electron chi connectivity index (χ2n) is 6.84. The summed E-state index contributed by atoms with van der Waals surface area (Å²) in [6, 6.07) is 0. The van der Waals surface area contributed by atoms with Crippen LogP contribution in [0.25, 0.3) is 0 Å². The Bertz CT molecular complexity index is 584. The van der Waals surface area contributed by atoms with Crippen molar-refractivity contribution in [2.24, 2.45) is 10.9 Å². The number of nitrogens with one attached hydrogen (secondary N) is 2. The maximum atomic E-state index is 12.4. The minimum atomic E-state index is -4.10. The number of aliphatic imine (C=N–C) groups is 1. The summed E-state index contributed by atoms with van der Waals surface area (Å²) < 4.78 is 39.3. The van der Waals surface area contributed by atoms with Gasteiger partial charge >= 0.3 is 6.18 Å². The molecule has 2 rings (SSSR count). The minimum absolute atomic E-state index is 0. The number of aryl methyl sites for hydroxylation is 1. The van der Waals surface area contributed by atoms with Gasteiger partial charge in [0.15, 0.2) is 5.96 Å². The van der Waals surface area contributed by atoms with Crippen molar-refractivity contribution in [3.63, 3.8) is 0 Å². The van der Waals surface area contributed by atoms with Crippen molar-refractivity contribution in [3.8, 4) is 0 Å². The number of hydrogen-bond donors (Lipinski definition) is 2. The Balaban J connectivity index is 0.00000392. The van der Waals surface area contributed by atoms with Crippen LogP contribution in [0.5, 0.6) is 0 Å². The maximum absolute atomic E-state index is 12.4. The molecule has 0 atom stereocenters. The van der Waals surface area contributed by atoms with Gasteiger partial charge in [-0.1, -0.05) is 6.92 Å². The number of rotatable bonds is 8. The highest BCUT2D eigenvalue weighted by Crippen LogP contribution is 2.23. The zero-order valence-electron chi connectivity index (χ0n) is 16.5. The molecule has 7 nitrogen and oxygen atoms in total. The van der Waals surface area contributed by atoms with Crippen LogP contribution in [0.3, 0.4) is 0 Å². The second kappa shape index (κ2) is 12.5. The van der Waals surface area contributed by atoms with Gasteiger partial charge in [0.1, 0.15) is 12.2 Å². The van der Waals surface area contributed by atoms with Crippen LogP contribution < -0.4 is 10.6 Å². The molecule has 2 heterocycles. The SMILES string of the molecule is CCc1nncn1CCNC(=NC)NCCC1CCN(CC(F)(F)F)CC1.I. The van der Waals surface area contributed by atoms with E-state index in [-0.39, 0.29) is 24.0 Å². The lowest BCUT2D eigenvalue weighted by Gasteiger charge is -2.32.